The van der Waals surface area contributed by atoms with Crippen molar-refractivity contribution in [3.05, 3.63) is 48.0 Å². The average molecular weight is 410 g/mol. The lowest BCUT2D eigenvalue weighted by molar-refractivity contribution is 0.415. The van der Waals surface area contributed by atoms with Crippen LogP contribution in [0.1, 0.15) is 32.3 Å². The zero-order valence-electron chi connectivity index (χ0n) is 17.4. The Labute approximate surface area is 175 Å². The molecule has 152 valence electrons. The van der Waals surface area contributed by atoms with Gasteiger partial charge in [0.1, 0.15) is 22.8 Å². The quantitative estimate of drug-likeness (QED) is 0.610. The largest absolute Gasteiger partial charge is 0.497 e. The molecule has 1 aliphatic rings. The van der Waals surface area contributed by atoms with Crippen LogP contribution in [0.25, 0.3) is 22.2 Å². The second kappa shape index (κ2) is 9.15. The highest BCUT2D eigenvalue weighted by atomic mass is 32.2. The number of hydrogen-bond acceptors (Lipinski definition) is 3. The van der Waals surface area contributed by atoms with Crippen molar-refractivity contribution < 1.29 is 8.95 Å². The van der Waals surface area contributed by atoms with Crippen LogP contribution in [0.4, 0.5) is 5.69 Å². The second-order valence-corrected chi connectivity index (χ2v) is 8.50. The Bertz CT molecular complexity index is 1060. The lowest BCUT2D eigenvalue weighted by Crippen LogP contribution is -2.19. The highest BCUT2D eigenvalue weighted by Crippen LogP contribution is 2.35. The molecule has 1 aliphatic heterocycles. The third kappa shape index (κ3) is 4.01. The maximum Gasteiger partial charge on any atom is 0.120 e. The first-order valence-corrected chi connectivity index (χ1v) is 11.2. The van der Waals surface area contributed by atoms with E-state index in [1.807, 2.05) is 58.4 Å². The summed E-state index contributed by atoms with van der Waals surface area (Å²) < 4.78 is 21.3. The summed E-state index contributed by atoms with van der Waals surface area (Å²) in [7, 11) is 2.67. The lowest BCUT2D eigenvalue weighted by atomic mass is 10.1. The standard InChI is InChI=1S/C20H19N3O2S.C3H8/c1-22-19-12-16(25-2)8-9-17(19)18(13-21)20(22)14-4-6-15(7-5-14)23-10-3-11-26(23)24;1-3-2/h4-9,12H,3,10-11H2,1-2H3;3H2,1-2H3. The topological polar surface area (TPSA) is 58.3 Å². The number of hydrogen-bond donors (Lipinski definition) is 0. The Morgan fingerprint density at radius 2 is 1.86 bits per heavy atom. The van der Waals surface area contributed by atoms with Crippen LogP contribution in [0.15, 0.2) is 42.5 Å². The normalized spacial score (nSPS) is 15.7. The van der Waals surface area contributed by atoms with Crippen molar-refractivity contribution in [1.82, 2.24) is 4.57 Å². The van der Waals surface area contributed by atoms with Crippen LogP contribution in [0.2, 0.25) is 0 Å². The van der Waals surface area contributed by atoms with Gasteiger partial charge in [-0.05, 0) is 36.2 Å². The highest BCUT2D eigenvalue weighted by Gasteiger charge is 2.21. The van der Waals surface area contributed by atoms with Crippen molar-refractivity contribution in [2.75, 3.05) is 23.7 Å². The van der Waals surface area contributed by atoms with Gasteiger partial charge in [0, 0.05) is 36.5 Å². The molecular formula is C23H27N3O2S. The predicted molar refractivity (Wildman–Crippen MR) is 121 cm³/mol. The summed E-state index contributed by atoms with van der Waals surface area (Å²) in [4.78, 5) is 0. The van der Waals surface area contributed by atoms with E-state index in [1.54, 1.807) is 7.11 Å². The average Bonchev–Trinajstić information content (AvgIpc) is 3.29. The molecule has 1 aromatic heterocycles. The summed E-state index contributed by atoms with van der Waals surface area (Å²) in [6.07, 6.45) is 2.21. The molecule has 1 unspecified atom stereocenters. The molecule has 4 rings (SSSR count). The monoisotopic (exact) mass is 409 g/mol. The molecule has 0 bridgehead atoms. The number of benzene rings is 2. The number of fused-ring (bicyclic) bond motifs is 1. The first-order chi connectivity index (χ1) is 14.0. The number of anilines is 1. The molecule has 5 nitrogen and oxygen atoms in total. The van der Waals surface area contributed by atoms with Gasteiger partial charge >= 0.3 is 0 Å². The summed E-state index contributed by atoms with van der Waals surface area (Å²) in [6, 6.07) is 16.1. The number of aromatic nitrogens is 1. The molecular weight excluding hydrogens is 382 g/mol. The first-order valence-electron chi connectivity index (χ1n) is 9.88. The number of nitrogens with zero attached hydrogens (tertiary/aromatic N) is 3. The van der Waals surface area contributed by atoms with Gasteiger partial charge in [-0.1, -0.05) is 32.4 Å². The first kappa shape index (κ1) is 20.9. The third-order valence-corrected chi connectivity index (χ3v) is 6.40. The van der Waals surface area contributed by atoms with Gasteiger partial charge in [0.2, 0.25) is 0 Å². The SMILES string of the molecule is CCC.COc1ccc2c(C#N)c(-c3ccc(N4CCCS4=O)cc3)n(C)c2c1. The predicted octanol–water partition coefficient (Wildman–Crippen LogP) is 5.02. The molecule has 2 heterocycles. The molecule has 3 aromatic rings. The van der Waals surface area contributed by atoms with Gasteiger partial charge < -0.3 is 9.30 Å². The lowest BCUT2D eigenvalue weighted by Gasteiger charge is -2.16. The molecule has 0 N–H and O–H groups in total. The van der Waals surface area contributed by atoms with E-state index < -0.39 is 11.0 Å². The van der Waals surface area contributed by atoms with Crippen molar-refractivity contribution in [1.29, 1.82) is 5.26 Å². The summed E-state index contributed by atoms with van der Waals surface area (Å²) in [5.74, 6) is 1.49. The van der Waals surface area contributed by atoms with Crippen LogP contribution in [0, 0.1) is 11.3 Å². The number of methoxy groups -OCH3 is 1. The third-order valence-electron chi connectivity index (χ3n) is 4.87. The van der Waals surface area contributed by atoms with Crippen molar-refractivity contribution in [3.8, 4) is 23.1 Å². The Balaban J connectivity index is 0.000000755. The fraction of sp³-hybridized carbons (Fsp3) is 0.348. The number of rotatable bonds is 3. The molecule has 1 atom stereocenters. The summed E-state index contributed by atoms with van der Waals surface area (Å²) >= 11 is 0. The number of ether oxygens (including phenoxy) is 1. The Hall–Kier alpha value is -2.78. The fourth-order valence-corrected chi connectivity index (χ4v) is 4.86. The van der Waals surface area contributed by atoms with E-state index in [2.05, 4.69) is 19.9 Å². The fourth-order valence-electron chi connectivity index (χ4n) is 3.57. The van der Waals surface area contributed by atoms with Gasteiger partial charge in [-0.25, -0.2) is 4.21 Å². The number of aryl methyl sites for hydroxylation is 1. The Morgan fingerprint density at radius 3 is 2.41 bits per heavy atom. The van der Waals surface area contributed by atoms with Crippen LogP contribution >= 0.6 is 0 Å². The molecule has 6 heteroatoms. The summed E-state index contributed by atoms with van der Waals surface area (Å²) in [5, 5.41) is 10.6. The second-order valence-electron chi connectivity index (χ2n) is 7.01. The van der Waals surface area contributed by atoms with Crippen molar-refractivity contribution >= 4 is 27.6 Å². The minimum Gasteiger partial charge on any atom is -0.497 e. The Morgan fingerprint density at radius 1 is 1.17 bits per heavy atom. The maximum absolute atomic E-state index is 12.0. The smallest absolute Gasteiger partial charge is 0.120 e. The molecule has 1 fully saturated rings. The van der Waals surface area contributed by atoms with E-state index in [0.29, 0.717) is 5.56 Å². The van der Waals surface area contributed by atoms with Gasteiger partial charge in [-0.15, -0.1) is 0 Å². The van der Waals surface area contributed by atoms with E-state index in [-0.39, 0.29) is 0 Å². The number of nitriles is 1. The van der Waals surface area contributed by atoms with Gasteiger partial charge in [0.25, 0.3) is 0 Å². The summed E-state index contributed by atoms with van der Waals surface area (Å²) in [6.45, 7) is 5.07. The van der Waals surface area contributed by atoms with E-state index in [0.717, 1.165) is 52.3 Å². The molecule has 1 saturated heterocycles. The van der Waals surface area contributed by atoms with Gasteiger partial charge in [0.05, 0.1) is 23.9 Å². The summed E-state index contributed by atoms with van der Waals surface area (Å²) in [5.41, 5.74) is 4.42. The minimum atomic E-state index is -0.927. The zero-order valence-corrected chi connectivity index (χ0v) is 18.3. The van der Waals surface area contributed by atoms with Gasteiger partial charge in [0.15, 0.2) is 0 Å². The minimum absolute atomic E-state index is 0.655. The van der Waals surface area contributed by atoms with Crippen LogP contribution in [0.3, 0.4) is 0 Å². The van der Waals surface area contributed by atoms with Gasteiger partial charge in [-0.3, -0.25) is 4.31 Å². The molecule has 0 amide bonds. The van der Waals surface area contributed by atoms with E-state index >= 15 is 0 Å². The molecule has 0 radical (unpaired) electrons. The van der Waals surface area contributed by atoms with Crippen molar-refractivity contribution in [3.63, 3.8) is 0 Å². The molecule has 2 aromatic carbocycles. The Kier molecular flexibility index (Phi) is 6.60. The van der Waals surface area contributed by atoms with Crippen molar-refractivity contribution in [2.24, 2.45) is 7.05 Å². The molecule has 0 spiro atoms. The van der Waals surface area contributed by atoms with E-state index in [1.165, 1.54) is 6.42 Å². The highest BCUT2D eigenvalue weighted by molar-refractivity contribution is 7.86. The molecule has 29 heavy (non-hydrogen) atoms. The maximum atomic E-state index is 12.0. The zero-order chi connectivity index (χ0) is 21.0. The van der Waals surface area contributed by atoms with Crippen LogP contribution < -0.4 is 9.04 Å². The molecule has 0 saturated carbocycles. The van der Waals surface area contributed by atoms with Crippen molar-refractivity contribution in [2.45, 2.75) is 26.7 Å². The van der Waals surface area contributed by atoms with Gasteiger partial charge in [-0.2, -0.15) is 5.26 Å². The molecule has 0 aliphatic carbocycles. The van der Waals surface area contributed by atoms with E-state index in [4.69, 9.17) is 4.74 Å². The van der Waals surface area contributed by atoms with Crippen LogP contribution in [0.5, 0.6) is 5.75 Å². The van der Waals surface area contributed by atoms with Crippen LogP contribution in [-0.4, -0.2) is 28.2 Å². The van der Waals surface area contributed by atoms with Crippen LogP contribution in [-0.2, 0) is 18.0 Å². The van der Waals surface area contributed by atoms with E-state index in [9.17, 15) is 9.47 Å².